The first-order valence-corrected chi connectivity index (χ1v) is 3.40. The molecule has 0 amide bonds. The number of halogens is 2. The van der Waals surface area contributed by atoms with Crippen molar-refractivity contribution in [3.63, 3.8) is 0 Å². The van der Waals surface area contributed by atoms with Crippen LogP contribution in [0.5, 0.6) is 0 Å². The first-order valence-electron chi connectivity index (χ1n) is 3.40. The molecule has 72 valence electrons. The van der Waals surface area contributed by atoms with E-state index in [1.165, 1.54) is 6.92 Å². The van der Waals surface area contributed by atoms with Crippen LogP contribution in [0.4, 0.5) is 8.78 Å². The zero-order chi connectivity index (χ0) is 10.1. The highest BCUT2D eigenvalue weighted by molar-refractivity contribution is 5.91. The van der Waals surface area contributed by atoms with E-state index in [0.29, 0.717) is 0 Å². The van der Waals surface area contributed by atoms with Crippen LogP contribution in [0, 0.1) is 0 Å². The standard InChI is InChI=1S/C6H7F2N3O2/c1-4(13)5-2-11(10-9-5)6(7,8)3-12/h2,12H,3H2,1H3. The van der Waals surface area contributed by atoms with Gasteiger partial charge in [0.25, 0.3) is 0 Å². The molecule has 0 aliphatic heterocycles. The van der Waals surface area contributed by atoms with Gasteiger partial charge < -0.3 is 5.11 Å². The lowest BCUT2D eigenvalue weighted by molar-refractivity contribution is -0.131. The van der Waals surface area contributed by atoms with Crippen molar-refractivity contribution in [2.75, 3.05) is 6.61 Å². The van der Waals surface area contributed by atoms with Crippen LogP contribution >= 0.6 is 0 Å². The molecule has 0 fully saturated rings. The molecule has 1 N–H and O–H groups in total. The number of nitrogens with zero attached hydrogens (tertiary/aromatic N) is 3. The van der Waals surface area contributed by atoms with Gasteiger partial charge in [0, 0.05) is 6.92 Å². The van der Waals surface area contributed by atoms with Crippen LogP contribution in [-0.2, 0) is 6.05 Å². The predicted octanol–water partition coefficient (Wildman–Crippen LogP) is 0.0223. The minimum Gasteiger partial charge on any atom is -0.388 e. The summed E-state index contributed by atoms with van der Waals surface area (Å²) in [5, 5.41) is 14.5. The summed E-state index contributed by atoms with van der Waals surface area (Å²) in [7, 11) is 0. The molecule has 0 atom stereocenters. The van der Waals surface area contributed by atoms with Crippen LogP contribution in [-0.4, -0.2) is 32.5 Å². The van der Waals surface area contributed by atoms with E-state index in [-0.39, 0.29) is 10.4 Å². The quantitative estimate of drug-likeness (QED) is 0.684. The minimum absolute atomic E-state index is 0.156. The Morgan fingerprint density at radius 2 is 2.38 bits per heavy atom. The molecule has 0 aliphatic carbocycles. The average Bonchev–Trinajstić information content (AvgIpc) is 2.52. The fraction of sp³-hybridized carbons (Fsp3) is 0.500. The molecule has 1 heterocycles. The number of rotatable bonds is 3. The van der Waals surface area contributed by atoms with Crippen molar-refractivity contribution in [1.29, 1.82) is 0 Å². The fourth-order valence-corrected chi connectivity index (χ4v) is 0.657. The third kappa shape index (κ3) is 1.86. The molecule has 1 aromatic rings. The van der Waals surface area contributed by atoms with E-state index >= 15 is 0 Å². The highest BCUT2D eigenvalue weighted by atomic mass is 19.3. The second-order valence-corrected chi connectivity index (χ2v) is 2.43. The number of carbonyl (C=O) groups is 1. The summed E-state index contributed by atoms with van der Waals surface area (Å²) in [5.41, 5.74) is -0.159. The van der Waals surface area contributed by atoms with Crippen molar-refractivity contribution in [3.8, 4) is 0 Å². The Bertz CT molecular complexity index is 323. The molecule has 0 spiro atoms. The van der Waals surface area contributed by atoms with E-state index in [9.17, 15) is 13.6 Å². The Morgan fingerprint density at radius 1 is 1.77 bits per heavy atom. The lowest BCUT2D eigenvalue weighted by Gasteiger charge is -2.11. The van der Waals surface area contributed by atoms with Crippen molar-refractivity contribution < 1.29 is 18.7 Å². The molecule has 5 nitrogen and oxygen atoms in total. The van der Waals surface area contributed by atoms with Crippen LogP contribution in [0.2, 0.25) is 0 Å². The van der Waals surface area contributed by atoms with Gasteiger partial charge in [-0.2, -0.15) is 13.5 Å². The van der Waals surface area contributed by atoms with Crippen LogP contribution in [0.15, 0.2) is 6.20 Å². The third-order valence-corrected chi connectivity index (χ3v) is 1.38. The smallest absolute Gasteiger partial charge is 0.367 e. The first kappa shape index (κ1) is 9.72. The predicted molar refractivity (Wildman–Crippen MR) is 37.3 cm³/mol. The summed E-state index contributed by atoms with van der Waals surface area (Å²) < 4.78 is 25.5. The Labute approximate surface area is 72.0 Å². The summed E-state index contributed by atoms with van der Waals surface area (Å²) in [4.78, 5) is 10.7. The van der Waals surface area contributed by atoms with Crippen molar-refractivity contribution >= 4 is 5.78 Å². The van der Waals surface area contributed by atoms with Gasteiger partial charge in [0.05, 0.1) is 6.20 Å². The van der Waals surface area contributed by atoms with E-state index in [4.69, 9.17) is 5.11 Å². The summed E-state index contributed by atoms with van der Waals surface area (Å²) >= 11 is 0. The molecular weight excluding hydrogens is 184 g/mol. The van der Waals surface area contributed by atoms with Gasteiger partial charge in [-0.25, -0.2) is 0 Å². The van der Waals surface area contributed by atoms with E-state index in [1.807, 2.05) is 0 Å². The van der Waals surface area contributed by atoms with Gasteiger partial charge in [0.2, 0.25) is 0 Å². The molecule has 0 bridgehead atoms. The number of hydrogen-bond acceptors (Lipinski definition) is 4. The Balaban J connectivity index is 2.98. The van der Waals surface area contributed by atoms with Crippen molar-refractivity contribution in [3.05, 3.63) is 11.9 Å². The second kappa shape index (κ2) is 3.17. The highest BCUT2D eigenvalue weighted by Crippen LogP contribution is 2.17. The maximum absolute atomic E-state index is 12.7. The van der Waals surface area contributed by atoms with Crippen LogP contribution in [0.1, 0.15) is 17.4 Å². The molecular formula is C6H7F2N3O2. The molecule has 0 saturated carbocycles. The molecule has 7 heteroatoms. The van der Waals surface area contributed by atoms with Crippen molar-refractivity contribution in [1.82, 2.24) is 15.0 Å². The molecule has 13 heavy (non-hydrogen) atoms. The van der Waals surface area contributed by atoms with Gasteiger partial charge in [0.15, 0.2) is 5.78 Å². The number of aromatic nitrogens is 3. The topological polar surface area (TPSA) is 68.0 Å². The fourth-order valence-electron chi connectivity index (χ4n) is 0.657. The average molecular weight is 191 g/mol. The Morgan fingerprint density at radius 3 is 2.77 bits per heavy atom. The van der Waals surface area contributed by atoms with Crippen LogP contribution < -0.4 is 0 Å². The molecule has 0 unspecified atom stereocenters. The van der Waals surface area contributed by atoms with Gasteiger partial charge in [-0.05, 0) is 0 Å². The maximum Gasteiger partial charge on any atom is 0.367 e. The monoisotopic (exact) mass is 191 g/mol. The van der Waals surface area contributed by atoms with Gasteiger partial charge in [-0.1, -0.05) is 5.21 Å². The van der Waals surface area contributed by atoms with E-state index in [1.54, 1.807) is 0 Å². The lowest BCUT2D eigenvalue weighted by atomic mass is 10.3. The Kier molecular flexibility index (Phi) is 2.37. The van der Waals surface area contributed by atoms with E-state index in [0.717, 1.165) is 6.20 Å². The molecule has 1 aromatic heterocycles. The van der Waals surface area contributed by atoms with Crippen LogP contribution in [0.3, 0.4) is 0 Å². The SMILES string of the molecule is CC(=O)c1cn(C(F)(F)CO)nn1. The summed E-state index contributed by atoms with van der Waals surface area (Å²) in [6.45, 7) is -0.195. The highest BCUT2D eigenvalue weighted by Gasteiger charge is 2.32. The van der Waals surface area contributed by atoms with Gasteiger partial charge in [-0.15, -0.1) is 5.10 Å². The summed E-state index contributed by atoms with van der Waals surface area (Å²) in [6.07, 6.45) is 0.790. The molecule has 0 saturated heterocycles. The number of hydrogen-bond donors (Lipinski definition) is 1. The van der Waals surface area contributed by atoms with E-state index in [2.05, 4.69) is 10.3 Å². The van der Waals surface area contributed by atoms with Gasteiger partial charge in [0.1, 0.15) is 12.3 Å². The third-order valence-electron chi connectivity index (χ3n) is 1.38. The zero-order valence-corrected chi connectivity index (χ0v) is 6.74. The molecule has 0 radical (unpaired) electrons. The van der Waals surface area contributed by atoms with E-state index < -0.39 is 18.4 Å². The number of carbonyl (C=O) groups excluding carboxylic acids is 1. The molecule has 0 aromatic carbocycles. The normalized spacial score (nSPS) is 11.7. The van der Waals surface area contributed by atoms with Gasteiger partial charge in [-0.3, -0.25) is 4.79 Å². The number of aliphatic hydroxyl groups is 1. The van der Waals surface area contributed by atoms with Crippen molar-refractivity contribution in [2.24, 2.45) is 0 Å². The van der Waals surface area contributed by atoms with Crippen molar-refractivity contribution in [2.45, 2.75) is 13.0 Å². The largest absolute Gasteiger partial charge is 0.388 e. The van der Waals surface area contributed by atoms with Crippen LogP contribution in [0.25, 0.3) is 0 Å². The molecule has 1 rings (SSSR count). The number of alkyl halides is 2. The molecule has 0 aliphatic rings. The number of Topliss-reactive ketones (excluding diaryl/α,β-unsaturated/α-hetero) is 1. The second-order valence-electron chi connectivity index (χ2n) is 2.43. The lowest BCUT2D eigenvalue weighted by Crippen LogP contribution is -2.27. The zero-order valence-electron chi connectivity index (χ0n) is 6.74. The number of aliphatic hydroxyl groups excluding tert-OH is 1. The maximum atomic E-state index is 12.7. The van der Waals surface area contributed by atoms with Gasteiger partial charge >= 0.3 is 6.05 Å². The first-order chi connectivity index (χ1) is 5.97. The summed E-state index contributed by atoms with van der Waals surface area (Å²) in [6, 6.07) is -3.51. The number of ketones is 1. The summed E-state index contributed by atoms with van der Waals surface area (Å²) in [5.74, 6) is -0.458. The Hall–Kier alpha value is -1.37. The minimum atomic E-state index is -3.51.